The Labute approximate surface area is 125 Å². The fourth-order valence-electron chi connectivity index (χ4n) is 2.23. The first-order chi connectivity index (χ1) is 10.0. The maximum absolute atomic E-state index is 12.2. The van der Waals surface area contributed by atoms with Crippen molar-refractivity contribution in [1.82, 2.24) is 9.55 Å². The molecule has 0 aliphatic heterocycles. The van der Waals surface area contributed by atoms with Crippen LogP contribution in [-0.2, 0) is 9.53 Å². The minimum absolute atomic E-state index is 0.216. The molecule has 2 aromatic rings. The summed E-state index contributed by atoms with van der Waals surface area (Å²) in [6.07, 6.45) is 3.43. The SMILES string of the molecule is COC(=O)C(Nc1ccccc1C)c1cncn1C(C)C. The van der Waals surface area contributed by atoms with Gasteiger partial charge < -0.3 is 14.6 Å². The van der Waals surface area contributed by atoms with Gasteiger partial charge in [0.2, 0.25) is 0 Å². The third-order valence-electron chi connectivity index (χ3n) is 3.43. The predicted molar refractivity (Wildman–Crippen MR) is 82.2 cm³/mol. The molecular formula is C16H21N3O2. The predicted octanol–water partition coefficient (Wildman–Crippen LogP) is 3.10. The van der Waals surface area contributed by atoms with Crippen LogP contribution in [0.4, 0.5) is 5.69 Å². The van der Waals surface area contributed by atoms with E-state index in [9.17, 15) is 4.79 Å². The number of esters is 1. The summed E-state index contributed by atoms with van der Waals surface area (Å²) in [6.45, 7) is 6.09. The number of rotatable bonds is 5. The number of hydrogen-bond acceptors (Lipinski definition) is 4. The molecule has 21 heavy (non-hydrogen) atoms. The highest BCUT2D eigenvalue weighted by atomic mass is 16.5. The molecule has 0 saturated heterocycles. The molecule has 0 fully saturated rings. The van der Waals surface area contributed by atoms with Crippen molar-refractivity contribution < 1.29 is 9.53 Å². The van der Waals surface area contributed by atoms with Gasteiger partial charge in [-0.15, -0.1) is 0 Å². The summed E-state index contributed by atoms with van der Waals surface area (Å²) in [5.41, 5.74) is 2.77. The zero-order chi connectivity index (χ0) is 15.4. The summed E-state index contributed by atoms with van der Waals surface area (Å²) in [7, 11) is 1.39. The molecule has 1 aromatic carbocycles. The summed E-state index contributed by atoms with van der Waals surface area (Å²) in [5, 5.41) is 3.26. The van der Waals surface area contributed by atoms with Gasteiger partial charge in [0.15, 0.2) is 6.04 Å². The molecule has 0 spiro atoms. The molecule has 1 aromatic heterocycles. The smallest absolute Gasteiger partial charge is 0.334 e. The molecule has 0 aliphatic carbocycles. The monoisotopic (exact) mass is 287 g/mol. The Morgan fingerprint density at radius 3 is 2.67 bits per heavy atom. The topological polar surface area (TPSA) is 56.1 Å². The lowest BCUT2D eigenvalue weighted by Gasteiger charge is -2.21. The molecule has 1 heterocycles. The van der Waals surface area contributed by atoms with Crippen LogP contribution in [0.15, 0.2) is 36.8 Å². The van der Waals surface area contributed by atoms with Crippen molar-refractivity contribution in [2.24, 2.45) is 0 Å². The normalized spacial score (nSPS) is 12.2. The Morgan fingerprint density at radius 2 is 2.05 bits per heavy atom. The van der Waals surface area contributed by atoms with E-state index in [1.165, 1.54) is 7.11 Å². The number of carbonyl (C=O) groups excluding carboxylic acids is 1. The van der Waals surface area contributed by atoms with Gasteiger partial charge in [0, 0.05) is 11.7 Å². The number of benzene rings is 1. The third-order valence-corrected chi connectivity index (χ3v) is 3.43. The van der Waals surface area contributed by atoms with Crippen molar-refractivity contribution in [1.29, 1.82) is 0 Å². The number of imidazole rings is 1. The highest BCUT2D eigenvalue weighted by Gasteiger charge is 2.26. The zero-order valence-electron chi connectivity index (χ0n) is 12.8. The maximum Gasteiger partial charge on any atom is 0.334 e. The molecular weight excluding hydrogens is 266 g/mol. The van der Waals surface area contributed by atoms with E-state index >= 15 is 0 Å². The van der Waals surface area contributed by atoms with Crippen LogP contribution in [0.25, 0.3) is 0 Å². The van der Waals surface area contributed by atoms with Gasteiger partial charge in [-0.3, -0.25) is 0 Å². The quantitative estimate of drug-likeness (QED) is 0.859. The lowest BCUT2D eigenvalue weighted by molar-refractivity contribution is -0.141. The van der Waals surface area contributed by atoms with Gasteiger partial charge in [0.05, 0.1) is 25.3 Å². The molecule has 0 saturated carbocycles. The Balaban J connectivity index is 2.38. The number of nitrogens with one attached hydrogen (secondary N) is 1. The average Bonchev–Trinajstić information content (AvgIpc) is 2.95. The van der Waals surface area contributed by atoms with Crippen molar-refractivity contribution in [3.8, 4) is 0 Å². The van der Waals surface area contributed by atoms with Gasteiger partial charge in [-0.05, 0) is 32.4 Å². The van der Waals surface area contributed by atoms with Crippen molar-refractivity contribution in [2.45, 2.75) is 32.9 Å². The van der Waals surface area contributed by atoms with Crippen molar-refractivity contribution in [3.05, 3.63) is 48.0 Å². The third kappa shape index (κ3) is 3.24. The highest BCUT2D eigenvalue weighted by Crippen LogP contribution is 2.25. The van der Waals surface area contributed by atoms with Gasteiger partial charge in [-0.1, -0.05) is 18.2 Å². The minimum Gasteiger partial charge on any atom is -0.467 e. The number of anilines is 1. The second-order valence-corrected chi connectivity index (χ2v) is 5.23. The average molecular weight is 287 g/mol. The molecule has 2 rings (SSSR count). The van der Waals surface area contributed by atoms with E-state index in [1.807, 2.05) is 49.6 Å². The number of ether oxygens (including phenoxy) is 1. The molecule has 5 nitrogen and oxygen atoms in total. The van der Waals surface area contributed by atoms with Crippen LogP contribution >= 0.6 is 0 Å². The van der Waals surface area contributed by atoms with E-state index in [4.69, 9.17) is 4.74 Å². The van der Waals surface area contributed by atoms with Crippen LogP contribution in [-0.4, -0.2) is 22.6 Å². The second kappa shape index (κ2) is 6.43. The Kier molecular flexibility index (Phi) is 4.62. The fraction of sp³-hybridized carbons (Fsp3) is 0.375. The van der Waals surface area contributed by atoms with Crippen LogP contribution in [0, 0.1) is 6.92 Å². The van der Waals surface area contributed by atoms with E-state index in [1.54, 1.807) is 12.5 Å². The van der Waals surface area contributed by atoms with E-state index < -0.39 is 6.04 Å². The molecule has 1 atom stereocenters. The molecule has 1 unspecified atom stereocenters. The van der Waals surface area contributed by atoms with Crippen molar-refractivity contribution in [2.75, 3.05) is 12.4 Å². The molecule has 0 amide bonds. The number of methoxy groups -OCH3 is 1. The number of para-hydroxylation sites is 1. The first-order valence-electron chi connectivity index (χ1n) is 6.96. The minimum atomic E-state index is -0.582. The first kappa shape index (κ1) is 15.1. The van der Waals surface area contributed by atoms with Crippen molar-refractivity contribution >= 4 is 11.7 Å². The lowest BCUT2D eigenvalue weighted by atomic mass is 10.1. The highest BCUT2D eigenvalue weighted by molar-refractivity contribution is 5.80. The number of hydrogen-bond donors (Lipinski definition) is 1. The van der Waals surface area contributed by atoms with Gasteiger partial charge >= 0.3 is 5.97 Å². The van der Waals surface area contributed by atoms with E-state index in [-0.39, 0.29) is 12.0 Å². The zero-order valence-corrected chi connectivity index (χ0v) is 12.8. The molecule has 0 aliphatic rings. The van der Waals surface area contributed by atoms with Crippen LogP contribution < -0.4 is 5.32 Å². The summed E-state index contributed by atoms with van der Waals surface area (Å²) in [6, 6.07) is 7.47. The number of aryl methyl sites for hydroxylation is 1. The van der Waals surface area contributed by atoms with Gasteiger partial charge in [0.25, 0.3) is 0 Å². The largest absolute Gasteiger partial charge is 0.467 e. The molecule has 5 heteroatoms. The summed E-state index contributed by atoms with van der Waals surface area (Å²) >= 11 is 0. The molecule has 1 N–H and O–H groups in total. The Hall–Kier alpha value is -2.30. The summed E-state index contributed by atoms with van der Waals surface area (Å²) in [4.78, 5) is 16.3. The van der Waals surface area contributed by atoms with Gasteiger partial charge in [-0.2, -0.15) is 0 Å². The van der Waals surface area contributed by atoms with Crippen molar-refractivity contribution in [3.63, 3.8) is 0 Å². The molecule has 0 bridgehead atoms. The maximum atomic E-state index is 12.2. The van der Waals surface area contributed by atoms with Crippen LogP contribution in [0.1, 0.15) is 37.2 Å². The Morgan fingerprint density at radius 1 is 1.33 bits per heavy atom. The molecule has 0 radical (unpaired) electrons. The van der Waals surface area contributed by atoms with Gasteiger partial charge in [0.1, 0.15) is 0 Å². The van der Waals surface area contributed by atoms with Crippen LogP contribution in [0.5, 0.6) is 0 Å². The second-order valence-electron chi connectivity index (χ2n) is 5.23. The van der Waals surface area contributed by atoms with Crippen LogP contribution in [0.2, 0.25) is 0 Å². The summed E-state index contributed by atoms with van der Waals surface area (Å²) < 4.78 is 6.91. The molecule has 112 valence electrons. The van der Waals surface area contributed by atoms with E-state index in [0.717, 1.165) is 16.9 Å². The van der Waals surface area contributed by atoms with E-state index in [0.29, 0.717) is 0 Å². The lowest BCUT2D eigenvalue weighted by Crippen LogP contribution is -2.25. The van der Waals surface area contributed by atoms with Crippen LogP contribution in [0.3, 0.4) is 0 Å². The fourth-order valence-corrected chi connectivity index (χ4v) is 2.23. The van der Waals surface area contributed by atoms with Gasteiger partial charge in [-0.25, -0.2) is 9.78 Å². The number of nitrogens with zero attached hydrogens (tertiary/aromatic N) is 2. The number of carbonyl (C=O) groups is 1. The van der Waals surface area contributed by atoms with E-state index in [2.05, 4.69) is 10.3 Å². The first-order valence-corrected chi connectivity index (χ1v) is 6.96. The Bertz CT molecular complexity index is 619. The standard InChI is InChI=1S/C16H21N3O2/c1-11(2)19-10-17-9-14(19)15(16(20)21-4)18-13-8-6-5-7-12(13)3/h5-11,15,18H,1-4H3. The summed E-state index contributed by atoms with van der Waals surface area (Å²) in [5.74, 6) is -0.333. The number of aromatic nitrogens is 2.